The van der Waals surface area contributed by atoms with Gasteiger partial charge in [-0.1, -0.05) is 235 Å². The van der Waals surface area contributed by atoms with Gasteiger partial charge in [-0.25, -0.2) is 0 Å². The Balaban J connectivity index is 0.000000173. The molecule has 6 aliphatic rings. The molecule has 0 spiro atoms. The van der Waals surface area contributed by atoms with Gasteiger partial charge in [0, 0.05) is 124 Å². The van der Waals surface area contributed by atoms with Gasteiger partial charge in [-0.05, 0) is 222 Å². The van der Waals surface area contributed by atoms with Crippen LogP contribution in [-0.4, -0.2) is 27.2 Å². The van der Waals surface area contributed by atoms with Crippen molar-refractivity contribution in [1.82, 2.24) is 0 Å². The van der Waals surface area contributed by atoms with E-state index in [0.717, 1.165) is 27.2 Å². The second kappa shape index (κ2) is 27.4. The molecule has 0 aliphatic carbocycles. The van der Waals surface area contributed by atoms with Crippen molar-refractivity contribution in [3.05, 3.63) is 368 Å². The molecule has 13 heteroatoms. The van der Waals surface area contributed by atoms with Crippen LogP contribution in [0.4, 0.5) is 102 Å². The van der Waals surface area contributed by atoms with Gasteiger partial charge < -0.3 is 29.4 Å². The number of halogens is 1. The number of rotatable bonds is 8. The van der Waals surface area contributed by atoms with E-state index in [2.05, 4.69) is 423 Å². The summed E-state index contributed by atoms with van der Waals surface area (Å²) in [5.41, 5.74) is 33.5. The van der Waals surface area contributed by atoms with Crippen molar-refractivity contribution >= 4 is 208 Å². The Bertz CT molecular complexity index is 5530. The molecule has 15 aromatic rings. The fraction of sp³-hybridized carbons (Fsp3) is 0.0217. The van der Waals surface area contributed by atoms with Crippen molar-refractivity contribution in [2.45, 2.75) is 17.2 Å². The number of anilines is 18. The van der Waals surface area contributed by atoms with E-state index in [1.54, 1.807) is 7.05 Å². The van der Waals surface area contributed by atoms with Crippen molar-refractivity contribution in [2.24, 2.45) is 4.74 Å². The molecule has 0 saturated heterocycles. The topological polar surface area (TPSA) is 31.8 Å². The number of fused-ring (bicyclic) bond motifs is 12. The molecule has 0 fully saturated rings. The van der Waals surface area contributed by atoms with Crippen LogP contribution in [0.5, 0.6) is 0 Å². The summed E-state index contributed by atoms with van der Waals surface area (Å²) < 4.78 is 4.41. The van der Waals surface area contributed by atoms with Crippen LogP contribution >= 0.6 is 36.7 Å². The van der Waals surface area contributed by atoms with Crippen molar-refractivity contribution in [3.8, 4) is 0 Å². The Labute approximate surface area is 630 Å². The zero-order valence-corrected chi connectivity index (χ0v) is 60.2. The van der Waals surface area contributed by atoms with E-state index < -0.39 is 0 Å². The third-order valence-corrected chi connectivity index (χ3v) is 22.4. The fourth-order valence-corrected chi connectivity index (χ4v) is 18.3. The quantitative estimate of drug-likeness (QED) is 0.111. The lowest BCUT2D eigenvalue weighted by molar-refractivity contribution is 1.24. The molecule has 105 heavy (non-hydrogen) atoms. The predicted molar refractivity (Wildman–Crippen MR) is 457 cm³/mol. The van der Waals surface area contributed by atoms with Crippen LogP contribution in [0, 0.1) is 0 Å². The Morgan fingerprint density at radius 2 is 0.457 bits per heavy atom. The summed E-state index contributed by atoms with van der Waals surface area (Å²) in [5, 5.41) is 0. The number of para-hydroxylation sites is 9. The molecule has 0 saturated carbocycles. The van der Waals surface area contributed by atoms with Gasteiger partial charge in [0.1, 0.15) is 0 Å². The summed E-state index contributed by atoms with van der Waals surface area (Å²) in [5.74, 6) is 0. The third kappa shape index (κ3) is 10.9. The average Bonchev–Trinajstić information content (AvgIpc) is 0.715. The standard InChI is InChI=1S/C60H40B2N4S.C30H20BBrN2.CH4NP.CH4/c1-5-19-41(20-6-1)63-51-29-15-13-27-47(51)61-49-39-45(35-37-53(49)65(43-23-9-3-10-24-43)57-33-17-31-55(63)59(57)61)67-46-36-38-54-50(40-46)62-48-28-14-16-30-52(48)64(42-21-7-2-8-22-42)56-32-18-34-58(60(56)62)66(54)44-25-11-4-12-26-44;32-21-18-19-27-25(20-21)31-24-14-7-8-15-26(24)33(22-10-3-1-4-11-22)28-16-9-17-29(30(28)31)34(27)23-12-5-2-6-13-23;1-2-3;/h1-40H;1-20H;3H,1H3;1H4. The molecule has 0 amide bonds. The minimum absolute atomic E-state index is 0. The lowest BCUT2D eigenvalue weighted by Crippen LogP contribution is -2.61. The molecule has 0 bridgehead atoms. The largest absolute Gasteiger partial charge is 0.311 e. The first-order valence-corrected chi connectivity index (χ1v) is 37.3. The molecule has 6 heterocycles. The van der Waals surface area contributed by atoms with Gasteiger partial charge in [0.05, 0.1) is 0 Å². The lowest BCUT2D eigenvalue weighted by atomic mass is 9.33. The van der Waals surface area contributed by atoms with Gasteiger partial charge >= 0.3 is 0 Å². The Kier molecular flexibility index (Phi) is 17.1. The van der Waals surface area contributed by atoms with Crippen LogP contribution in [0.2, 0.25) is 0 Å². The Hall–Kier alpha value is -11.8. The van der Waals surface area contributed by atoms with Crippen molar-refractivity contribution in [1.29, 1.82) is 0 Å². The van der Waals surface area contributed by atoms with Crippen LogP contribution in [-0.2, 0) is 0 Å². The van der Waals surface area contributed by atoms with Gasteiger partial charge in [0.2, 0.25) is 0 Å². The molecule has 0 aromatic heterocycles. The first kappa shape index (κ1) is 65.3. The highest BCUT2D eigenvalue weighted by atomic mass is 79.9. The minimum Gasteiger partial charge on any atom is -0.311 e. The van der Waals surface area contributed by atoms with E-state index >= 15 is 0 Å². The summed E-state index contributed by atoms with van der Waals surface area (Å²) >= 11 is 5.62. The number of hydrogen-bond donors (Lipinski definition) is 0. The van der Waals surface area contributed by atoms with Gasteiger partial charge in [0.15, 0.2) is 0 Å². The van der Waals surface area contributed by atoms with Gasteiger partial charge in [-0.3, -0.25) is 4.74 Å². The molecular weight excluding hydrogens is 1380 g/mol. The maximum atomic E-state index is 3.76. The second-order valence-corrected chi connectivity index (χ2v) is 29.1. The molecule has 21 rings (SSSR count). The van der Waals surface area contributed by atoms with Crippen LogP contribution < -0.4 is 78.6 Å². The molecule has 6 aliphatic heterocycles. The fourth-order valence-electron chi connectivity index (χ4n) is 17.0. The van der Waals surface area contributed by atoms with Gasteiger partial charge in [-0.2, -0.15) is 0 Å². The van der Waals surface area contributed by atoms with Crippen LogP contribution in [0.3, 0.4) is 0 Å². The van der Waals surface area contributed by atoms with E-state index in [0.29, 0.717) is 0 Å². The predicted octanol–water partition coefficient (Wildman–Crippen LogP) is 20.1. The first-order valence-electron chi connectivity index (χ1n) is 35.3. The smallest absolute Gasteiger partial charge is 0.252 e. The molecular formula is C92H68B3BrN7PS. The Morgan fingerprint density at radius 3 is 0.724 bits per heavy atom. The number of hydrogen-bond acceptors (Lipinski definition) is 8. The first-order chi connectivity index (χ1) is 51.5. The zero-order valence-electron chi connectivity index (χ0n) is 56.8. The lowest BCUT2D eigenvalue weighted by Gasteiger charge is -2.44. The highest BCUT2D eigenvalue weighted by Crippen LogP contribution is 2.49. The summed E-state index contributed by atoms with van der Waals surface area (Å²) in [6, 6.07) is 133. The monoisotopic (exact) mass is 1450 g/mol. The third-order valence-electron chi connectivity index (χ3n) is 20.9. The van der Waals surface area contributed by atoms with Gasteiger partial charge in [0.25, 0.3) is 20.1 Å². The van der Waals surface area contributed by atoms with E-state index in [1.165, 1.54) is 139 Å². The maximum absolute atomic E-state index is 3.76. The molecule has 15 aromatic carbocycles. The van der Waals surface area contributed by atoms with E-state index in [4.69, 9.17) is 0 Å². The maximum Gasteiger partial charge on any atom is 0.252 e. The number of nitrogens with zero attached hydrogens (tertiary/aromatic N) is 7. The zero-order chi connectivity index (χ0) is 69.4. The van der Waals surface area contributed by atoms with E-state index in [9.17, 15) is 0 Å². The van der Waals surface area contributed by atoms with Crippen LogP contribution in [0.15, 0.2) is 383 Å². The highest BCUT2D eigenvalue weighted by Gasteiger charge is 2.47. The normalized spacial score (nSPS) is 13.1. The summed E-state index contributed by atoms with van der Waals surface area (Å²) in [6.45, 7) is 0.249. The van der Waals surface area contributed by atoms with Gasteiger partial charge in [-0.15, -0.1) is 0 Å². The van der Waals surface area contributed by atoms with E-state index in [1.807, 2.05) is 11.8 Å². The van der Waals surface area contributed by atoms with Crippen molar-refractivity contribution in [3.63, 3.8) is 0 Å². The summed E-state index contributed by atoms with van der Waals surface area (Å²) in [7, 11) is 4.47. The summed E-state index contributed by atoms with van der Waals surface area (Å²) in [4.78, 5) is 17.1. The summed E-state index contributed by atoms with van der Waals surface area (Å²) in [6.07, 6.45) is 0. The minimum atomic E-state index is 0. The molecule has 7 nitrogen and oxygen atoms in total. The molecule has 0 unspecified atom stereocenters. The van der Waals surface area contributed by atoms with Crippen LogP contribution in [0.25, 0.3) is 0 Å². The molecule has 0 radical (unpaired) electrons. The Morgan fingerprint density at radius 1 is 0.248 bits per heavy atom. The average molecular weight is 1450 g/mol. The second-order valence-electron chi connectivity index (χ2n) is 26.6. The molecule has 0 atom stereocenters. The van der Waals surface area contributed by atoms with Crippen molar-refractivity contribution in [2.75, 3.05) is 36.4 Å². The number of benzene rings is 15. The van der Waals surface area contributed by atoms with Crippen molar-refractivity contribution < 1.29 is 0 Å². The molecule has 0 N–H and O–H groups in total. The highest BCUT2D eigenvalue weighted by molar-refractivity contribution is 9.10. The SMILES string of the molecule is Brc1ccc2c(c1)B1c3ccccc3N(c3ccccc3)c3cccc(c31)N2c1ccccc1.C.CN=P.c1ccc(N2c3ccccc3B3c4cc(Sc5ccc6c(c5)B5c7ccccc7N(c7ccccc7)c7cccc(c75)N6c5ccccc5)ccc4N(c4ccccc4)c4cccc2c43)cc1. The van der Waals surface area contributed by atoms with E-state index in [-0.39, 0.29) is 27.6 Å². The molecule has 498 valence electrons. The van der Waals surface area contributed by atoms with Crippen LogP contribution in [0.1, 0.15) is 7.43 Å².